The summed E-state index contributed by atoms with van der Waals surface area (Å²) in [5.74, 6) is 0. The third-order valence-electron chi connectivity index (χ3n) is 11.2. The summed E-state index contributed by atoms with van der Waals surface area (Å²) in [4.78, 5) is 4.73. The molecule has 1 aliphatic rings. The van der Waals surface area contributed by atoms with E-state index >= 15 is 0 Å². The summed E-state index contributed by atoms with van der Waals surface area (Å²) in [7, 11) is 0. The Balaban J connectivity index is 1.02. The van der Waals surface area contributed by atoms with Crippen LogP contribution in [0.25, 0.3) is 43.4 Å². The highest BCUT2D eigenvalue weighted by Crippen LogP contribution is 2.51. The Morgan fingerprint density at radius 1 is 0.302 bits per heavy atom. The second-order valence-electron chi connectivity index (χ2n) is 14.7. The van der Waals surface area contributed by atoms with Crippen molar-refractivity contribution in [2.75, 3.05) is 9.80 Å². The molecule has 0 saturated carbocycles. The smallest absolute Gasteiger partial charge is 0.0471 e. The van der Waals surface area contributed by atoms with Gasteiger partial charge in [-0.3, -0.25) is 0 Å². The molecule has 0 atom stereocenters. The van der Waals surface area contributed by atoms with E-state index < -0.39 is 0 Å². The Bertz CT molecular complexity index is 2780. The molecule has 0 amide bonds. The molecule has 0 spiro atoms. The first kappa shape index (κ1) is 31.1. The molecule has 0 bridgehead atoms. The lowest BCUT2D eigenvalue weighted by molar-refractivity contribution is 0.663. The highest BCUT2D eigenvalue weighted by atomic mass is 15.1. The summed E-state index contributed by atoms with van der Waals surface area (Å²) in [6.45, 7) is 4.74. The van der Waals surface area contributed by atoms with Gasteiger partial charge < -0.3 is 9.80 Å². The van der Waals surface area contributed by atoms with Crippen molar-refractivity contribution in [3.05, 3.63) is 205 Å². The first-order valence-corrected chi connectivity index (χ1v) is 18.4. The van der Waals surface area contributed by atoms with Gasteiger partial charge in [0.2, 0.25) is 0 Å². The summed E-state index contributed by atoms with van der Waals surface area (Å²) in [5, 5.41) is 7.87. The number of nitrogens with zero attached hydrogens (tertiary/aromatic N) is 2. The van der Waals surface area contributed by atoms with Crippen LogP contribution in [0.3, 0.4) is 0 Å². The van der Waals surface area contributed by atoms with Crippen molar-refractivity contribution in [2.45, 2.75) is 19.3 Å². The molecule has 10 rings (SSSR count). The maximum absolute atomic E-state index is 2.43. The quantitative estimate of drug-likeness (QED) is 0.155. The van der Waals surface area contributed by atoms with Crippen LogP contribution in [0.15, 0.2) is 194 Å². The largest absolute Gasteiger partial charge is 0.310 e. The highest BCUT2D eigenvalue weighted by molar-refractivity contribution is 6.16. The monoisotopic (exact) mass is 678 g/mol. The molecule has 0 fully saturated rings. The van der Waals surface area contributed by atoms with Gasteiger partial charge in [-0.15, -0.1) is 0 Å². The Morgan fingerprint density at radius 3 is 1.40 bits per heavy atom. The topological polar surface area (TPSA) is 6.48 Å². The van der Waals surface area contributed by atoms with Crippen molar-refractivity contribution in [3.63, 3.8) is 0 Å². The highest BCUT2D eigenvalue weighted by Gasteiger charge is 2.34. The summed E-state index contributed by atoms with van der Waals surface area (Å²) in [6.07, 6.45) is 0. The van der Waals surface area contributed by atoms with Crippen LogP contribution >= 0.6 is 0 Å². The molecular weight excluding hydrogens is 641 g/mol. The van der Waals surface area contributed by atoms with Gasteiger partial charge in [-0.25, -0.2) is 0 Å². The van der Waals surface area contributed by atoms with Crippen LogP contribution in [-0.4, -0.2) is 0 Å². The lowest BCUT2D eigenvalue weighted by Gasteiger charge is -2.28. The normalized spacial score (nSPS) is 12.9. The number of fused-ring (bicyclic) bond motifs is 1. The van der Waals surface area contributed by atoms with Crippen molar-refractivity contribution in [1.29, 1.82) is 0 Å². The Morgan fingerprint density at radius 2 is 0.755 bits per heavy atom. The third kappa shape index (κ3) is 5.18. The lowest BCUT2D eigenvalue weighted by atomic mass is 9.81. The van der Waals surface area contributed by atoms with Crippen LogP contribution < -0.4 is 9.80 Å². The fourth-order valence-electron chi connectivity index (χ4n) is 8.48. The maximum Gasteiger partial charge on any atom is 0.0471 e. The van der Waals surface area contributed by atoms with Crippen molar-refractivity contribution in [1.82, 2.24) is 0 Å². The van der Waals surface area contributed by atoms with E-state index in [0.717, 1.165) is 28.4 Å². The van der Waals surface area contributed by atoms with E-state index in [9.17, 15) is 0 Å². The SMILES string of the molecule is CC1(C)c2cccc3ccc4cc(N(c5ccccc5)c5ccc(-c6ccc(N(c7ccccc7)c7ccc8ccccc8c7)cc6)cc5)cc1c4c23. The minimum absolute atomic E-state index is 0.0831. The second kappa shape index (κ2) is 12.3. The molecule has 0 radical (unpaired) electrons. The molecule has 53 heavy (non-hydrogen) atoms. The minimum Gasteiger partial charge on any atom is -0.310 e. The summed E-state index contributed by atoms with van der Waals surface area (Å²) in [5.41, 5.74) is 11.9. The van der Waals surface area contributed by atoms with E-state index in [1.54, 1.807) is 0 Å². The number of anilines is 6. The summed E-state index contributed by atoms with van der Waals surface area (Å²) in [6, 6.07) is 70.7. The number of para-hydroxylation sites is 2. The first-order chi connectivity index (χ1) is 26.0. The van der Waals surface area contributed by atoms with Crippen LogP contribution in [0.2, 0.25) is 0 Å². The zero-order valence-corrected chi connectivity index (χ0v) is 29.9. The maximum atomic E-state index is 2.43. The Kier molecular flexibility index (Phi) is 7.19. The number of hydrogen-bond acceptors (Lipinski definition) is 2. The van der Waals surface area contributed by atoms with Gasteiger partial charge in [0.05, 0.1) is 0 Å². The van der Waals surface area contributed by atoms with E-state index in [0.29, 0.717) is 0 Å². The Hall–Kier alpha value is -6.64. The van der Waals surface area contributed by atoms with Crippen LogP contribution in [0.1, 0.15) is 25.0 Å². The van der Waals surface area contributed by atoms with Crippen molar-refractivity contribution >= 4 is 66.4 Å². The van der Waals surface area contributed by atoms with E-state index in [1.807, 2.05) is 0 Å². The molecule has 1 aliphatic carbocycles. The molecule has 252 valence electrons. The predicted molar refractivity (Wildman–Crippen MR) is 226 cm³/mol. The lowest BCUT2D eigenvalue weighted by Crippen LogP contribution is -2.16. The zero-order valence-electron chi connectivity index (χ0n) is 29.9. The van der Waals surface area contributed by atoms with Gasteiger partial charge in [0.25, 0.3) is 0 Å². The van der Waals surface area contributed by atoms with Crippen LogP contribution in [0, 0.1) is 0 Å². The zero-order chi connectivity index (χ0) is 35.5. The minimum atomic E-state index is -0.0831. The van der Waals surface area contributed by atoms with Crippen molar-refractivity contribution in [3.8, 4) is 11.1 Å². The second-order valence-corrected chi connectivity index (χ2v) is 14.7. The molecule has 0 saturated heterocycles. The van der Waals surface area contributed by atoms with Gasteiger partial charge in [-0.05, 0) is 127 Å². The first-order valence-electron chi connectivity index (χ1n) is 18.4. The molecular formula is C51H38N2. The molecule has 0 N–H and O–H groups in total. The van der Waals surface area contributed by atoms with Crippen molar-refractivity contribution in [2.24, 2.45) is 0 Å². The van der Waals surface area contributed by atoms with Gasteiger partial charge in [-0.1, -0.05) is 135 Å². The van der Waals surface area contributed by atoms with Crippen molar-refractivity contribution < 1.29 is 0 Å². The number of rotatable bonds is 7. The average Bonchev–Trinajstić information content (AvgIpc) is 3.45. The van der Waals surface area contributed by atoms with Gasteiger partial charge >= 0.3 is 0 Å². The molecule has 0 aromatic heterocycles. The van der Waals surface area contributed by atoms with E-state index in [-0.39, 0.29) is 5.41 Å². The van der Waals surface area contributed by atoms with Crippen LogP contribution in [0.4, 0.5) is 34.1 Å². The molecule has 9 aromatic carbocycles. The third-order valence-corrected chi connectivity index (χ3v) is 11.2. The fourth-order valence-corrected chi connectivity index (χ4v) is 8.48. The summed E-state index contributed by atoms with van der Waals surface area (Å²) >= 11 is 0. The molecule has 0 unspecified atom stereocenters. The fraction of sp³-hybridized carbons (Fsp3) is 0.0588. The summed E-state index contributed by atoms with van der Waals surface area (Å²) < 4.78 is 0. The van der Waals surface area contributed by atoms with Gasteiger partial charge in [0.1, 0.15) is 0 Å². The van der Waals surface area contributed by atoms with Crippen LogP contribution in [0.5, 0.6) is 0 Å². The Labute approximate surface area is 310 Å². The molecule has 0 aliphatic heterocycles. The number of benzene rings is 9. The molecule has 2 heteroatoms. The molecule has 2 nitrogen and oxygen atoms in total. The predicted octanol–water partition coefficient (Wildman–Crippen LogP) is 14.4. The van der Waals surface area contributed by atoms with Gasteiger partial charge in [-0.2, -0.15) is 0 Å². The van der Waals surface area contributed by atoms with E-state index in [1.165, 1.54) is 60.3 Å². The standard InChI is InChI=1S/C51H38N2/c1-51(2)47-19-11-14-38-20-21-40-33-46(34-48(51)50(40)49(38)47)53(42-17-7-4-8-18-42)44-29-24-37(25-30-44)36-22-27-43(28-23-36)52(41-15-5-3-6-16-41)45-31-26-35-12-9-10-13-39(35)32-45/h3-34H,1-2H3. The molecule has 0 heterocycles. The van der Waals surface area contributed by atoms with Gasteiger partial charge in [0, 0.05) is 39.5 Å². The van der Waals surface area contributed by atoms with E-state index in [4.69, 9.17) is 0 Å². The number of hydrogen-bond donors (Lipinski definition) is 0. The van der Waals surface area contributed by atoms with Gasteiger partial charge in [0.15, 0.2) is 0 Å². The van der Waals surface area contributed by atoms with E-state index in [2.05, 4.69) is 218 Å². The average molecular weight is 679 g/mol. The molecule has 9 aromatic rings. The van der Waals surface area contributed by atoms with Crippen LogP contribution in [-0.2, 0) is 5.41 Å².